The van der Waals surface area contributed by atoms with Gasteiger partial charge in [0.15, 0.2) is 0 Å². The van der Waals surface area contributed by atoms with Crippen molar-refractivity contribution in [3.63, 3.8) is 0 Å². The van der Waals surface area contributed by atoms with Crippen LogP contribution in [-0.2, 0) is 11.3 Å². The van der Waals surface area contributed by atoms with Crippen LogP contribution in [0, 0.1) is 17.2 Å². The second-order valence-corrected chi connectivity index (χ2v) is 5.20. The first-order valence-electron chi connectivity index (χ1n) is 7.02. The lowest BCUT2D eigenvalue weighted by Gasteiger charge is -2.31. The average Bonchev–Trinajstić information content (AvgIpc) is 2.37. The van der Waals surface area contributed by atoms with Gasteiger partial charge in [-0.05, 0) is 37.0 Å². The summed E-state index contributed by atoms with van der Waals surface area (Å²) in [4.78, 5) is 14.3. The van der Waals surface area contributed by atoms with Crippen molar-refractivity contribution in [2.24, 2.45) is 5.92 Å². The third-order valence-electron chi connectivity index (χ3n) is 3.72. The Hall–Kier alpha value is -1.82. The zero-order chi connectivity index (χ0) is 13.7. The monoisotopic (exact) mass is 256 g/mol. The average molecular weight is 256 g/mol. The van der Waals surface area contributed by atoms with E-state index in [1.165, 1.54) is 6.42 Å². The van der Waals surface area contributed by atoms with E-state index in [0.717, 1.165) is 31.4 Å². The molecular formula is C16H20N2O. The highest BCUT2D eigenvalue weighted by molar-refractivity contribution is 5.79. The highest BCUT2D eigenvalue weighted by Gasteiger charge is 2.28. The minimum atomic E-state index is 0.255. The molecule has 0 spiro atoms. The highest BCUT2D eigenvalue weighted by Crippen LogP contribution is 2.28. The molecule has 1 aromatic rings. The zero-order valence-corrected chi connectivity index (χ0v) is 11.4. The van der Waals surface area contributed by atoms with Crippen molar-refractivity contribution >= 4 is 5.91 Å². The fourth-order valence-electron chi connectivity index (χ4n) is 2.36. The minimum absolute atomic E-state index is 0.255. The molecule has 1 aromatic carbocycles. The molecular weight excluding hydrogens is 236 g/mol. The van der Waals surface area contributed by atoms with E-state index in [1.807, 2.05) is 29.2 Å². The molecule has 0 N–H and O–H groups in total. The van der Waals surface area contributed by atoms with Gasteiger partial charge < -0.3 is 4.90 Å². The van der Waals surface area contributed by atoms with E-state index < -0.39 is 0 Å². The Bertz CT molecular complexity index is 469. The lowest BCUT2D eigenvalue weighted by Crippen LogP contribution is -2.38. The molecule has 3 nitrogen and oxygen atoms in total. The molecule has 0 radical (unpaired) electrons. The Kier molecular flexibility index (Phi) is 4.57. The third kappa shape index (κ3) is 3.35. The van der Waals surface area contributed by atoms with Crippen LogP contribution in [0.25, 0.3) is 0 Å². The molecule has 100 valence electrons. The van der Waals surface area contributed by atoms with Crippen molar-refractivity contribution < 1.29 is 4.79 Å². The molecule has 0 aliphatic heterocycles. The number of nitrogens with zero attached hydrogens (tertiary/aromatic N) is 2. The van der Waals surface area contributed by atoms with Crippen molar-refractivity contribution in [2.45, 2.75) is 39.2 Å². The van der Waals surface area contributed by atoms with Crippen LogP contribution in [0.2, 0.25) is 0 Å². The van der Waals surface area contributed by atoms with Crippen LogP contribution in [0.5, 0.6) is 0 Å². The summed E-state index contributed by atoms with van der Waals surface area (Å²) >= 11 is 0. The van der Waals surface area contributed by atoms with Gasteiger partial charge in [-0.1, -0.05) is 25.5 Å². The Morgan fingerprint density at radius 1 is 1.37 bits per heavy atom. The SMILES string of the molecule is CCCN(Cc1ccc(C#N)cc1)C(=O)C1CCC1. The Morgan fingerprint density at radius 2 is 2.05 bits per heavy atom. The minimum Gasteiger partial charge on any atom is -0.338 e. The van der Waals surface area contributed by atoms with Crippen LogP contribution >= 0.6 is 0 Å². The van der Waals surface area contributed by atoms with Crippen molar-refractivity contribution in [3.05, 3.63) is 35.4 Å². The second kappa shape index (κ2) is 6.38. The summed E-state index contributed by atoms with van der Waals surface area (Å²) in [6, 6.07) is 9.62. The normalized spacial score (nSPS) is 14.5. The van der Waals surface area contributed by atoms with Crippen molar-refractivity contribution in [1.29, 1.82) is 5.26 Å². The Balaban J connectivity index is 2.02. The van der Waals surface area contributed by atoms with Crippen LogP contribution in [0.15, 0.2) is 24.3 Å². The van der Waals surface area contributed by atoms with Gasteiger partial charge in [-0.2, -0.15) is 5.26 Å². The number of rotatable bonds is 5. The first-order chi connectivity index (χ1) is 9.24. The summed E-state index contributed by atoms with van der Waals surface area (Å²) in [5.41, 5.74) is 1.76. The highest BCUT2D eigenvalue weighted by atomic mass is 16.2. The lowest BCUT2D eigenvalue weighted by molar-refractivity contribution is -0.138. The van der Waals surface area contributed by atoms with E-state index in [4.69, 9.17) is 5.26 Å². The number of benzene rings is 1. The fourth-order valence-corrected chi connectivity index (χ4v) is 2.36. The Morgan fingerprint density at radius 3 is 2.53 bits per heavy atom. The number of carbonyl (C=O) groups is 1. The Labute approximate surface area is 114 Å². The van der Waals surface area contributed by atoms with Gasteiger partial charge in [0.05, 0.1) is 11.6 Å². The molecule has 1 amide bonds. The maximum atomic E-state index is 12.3. The number of hydrogen-bond acceptors (Lipinski definition) is 2. The number of carbonyl (C=O) groups excluding carboxylic acids is 1. The molecule has 1 aliphatic carbocycles. The summed E-state index contributed by atoms with van der Waals surface area (Å²) in [6.45, 7) is 3.57. The maximum absolute atomic E-state index is 12.3. The molecule has 2 rings (SSSR count). The van der Waals surface area contributed by atoms with Crippen molar-refractivity contribution in [2.75, 3.05) is 6.54 Å². The topological polar surface area (TPSA) is 44.1 Å². The van der Waals surface area contributed by atoms with E-state index in [-0.39, 0.29) is 5.92 Å². The predicted molar refractivity (Wildman–Crippen MR) is 74.2 cm³/mol. The van der Waals surface area contributed by atoms with Gasteiger partial charge >= 0.3 is 0 Å². The van der Waals surface area contributed by atoms with E-state index in [2.05, 4.69) is 13.0 Å². The predicted octanol–water partition coefficient (Wildman–Crippen LogP) is 3.10. The molecule has 0 saturated heterocycles. The lowest BCUT2D eigenvalue weighted by atomic mass is 9.84. The molecule has 0 aromatic heterocycles. The largest absolute Gasteiger partial charge is 0.338 e. The second-order valence-electron chi connectivity index (χ2n) is 5.20. The van der Waals surface area contributed by atoms with E-state index in [9.17, 15) is 4.79 Å². The summed E-state index contributed by atoms with van der Waals surface area (Å²) < 4.78 is 0. The van der Waals surface area contributed by atoms with Crippen LogP contribution in [0.1, 0.15) is 43.7 Å². The summed E-state index contributed by atoms with van der Waals surface area (Å²) in [6.07, 6.45) is 4.26. The third-order valence-corrected chi connectivity index (χ3v) is 3.72. The molecule has 1 saturated carbocycles. The molecule has 1 aliphatic rings. The molecule has 19 heavy (non-hydrogen) atoms. The van der Waals surface area contributed by atoms with Gasteiger partial charge in [-0.25, -0.2) is 0 Å². The van der Waals surface area contributed by atoms with Crippen LogP contribution in [0.3, 0.4) is 0 Å². The van der Waals surface area contributed by atoms with E-state index in [1.54, 1.807) is 0 Å². The molecule has 0 unspecified atom stereocenters. The summed E-state index contributed by atoms with van der Waals surface area (Å²) in [7, 11) is 0. The molecule has 0 bridgehead atoms. The quantitative estimate of drug-likeness (QED) is 0.812. The van der Waals surface area contributed by atoms with Gasteiger partial charge in [0.2, 0.25) is 5.91 Å². The first kappa shape index (κ1) is 13.6. The molecule has 1 fully saturated rings. The van der Waals surface area contributed by atoms with Crippen molar-refractivity contribution in [3.8, 4) is 6.07 Å². The number of amides is 1. The summed E-state index contributed by atoms with van der Waals surface area (Å²) in [5.74, 6) is 0.558. The number of nitriles is 1. The van der Waals surface area contributed by atoms with Crippen LogP contribution < -0.4 is 0 Å². The summed E-state index contributed by atoms with van der Waals surface area (Å²) in [5, 5.41) is 8.78. The zero-order valence-electron chi connectivity index (χ0n) is 11.4. The van der Waals surface area contributed by atoms with Crippen LogP contribution in [-0.4, -0.2) is 17.4 Å². The van der Waals surface area contributed by atoms with Crippen LogP contribution in [0.4, 0.5) is 0 Å². The standard InChI is InChI=1S/C16H20N2O/c1-2-10-18(16(19)15-4-3-5-15)12-14-8-6-13(11-17)7-9-14/h6-9,15H,2-5,10,12H2,1H3. The first-order valence-corrected chi connectivity index (χ1v) is 7.02. The molecule has 0 atom stereocenters. The van der Waals surface area contributed by atoms with Gasteiger partial charge in [0.25, 0.3) is 0 Å². The van der Waals surface area contributed by atoms with Gasteiger partial charge in [0, 0.05) is 19.0 Å². The van der Waals surface area contributed by atoms with Gasteiger partial charge in [-0.3, -0.25) is 4.79 Å². The number of hydrogen-bond donors (Lipinski definition) is 0. The van der Waals surface area contributed by atoms with Gasteiger partial charge in [0.1, 0.15) is 0 Å². The van der Waals surface area contributed by atoms with E-state index in [0.29, 0.717) is 18.0 Å². The smallest absolute Gasteiger partial charge is 0.225 e. The van der Waals surface area contributed by atoms with Crippen molar-refractivity contribution in [1.82, 2.24) is 4.90 Å². The fraction of sp³-hybridized carbons (Fsp3) is 0.500. The molecule has 3 heteroatoms. The molecule has 0 heterocycles. The van der Waals surface area contributed by atoms with Gasteiger partial charge in [-0.15, -0.1) is 0 Å². The maximum Gasteiger partial charge on any atom is 0.225 e. The van der Waals surface area contributed by atoms with E-state index >= 15 is 0 Å².